The molecule has 5 heterocycles. The van der Waals surface area contributed by atoms with E-state index in [1.54, 1.807) is 11.8 Å². The summed E-state index contributed by atoms with van der Waals surface area (Å²) in [5.74, 6) is 1.57. The van der Waals surface area contributed by atoms with Gasteiger partial charge in [0, 0.05) is 32.3 Å². The number of pyridine rings is 2. The molecule has 0 spiro atoms. The first-order valence-corrected chi connectivity index (χ1v) is 18.3. The molecule has 250 valence electrons. The van der Waals surface area contributed by atoms with Gasteiger partial charge in [0.1, 0.15) is 11.0 Å². The number of hydrogen-bond donors (Lipinski definition) is 0. The van der Waals surface area contributed by atoms with Gasteiger partial charge in [0.25, 0.3) is 0 Å². The van der Waals surface area contributed by atoms with Gasteiger partial charge in [-0.05, 0) is 97.1 Å². The summed E-state index contributed by atoms with van der Waals surface area (Å²) in [5, 5.41) is 0. The second-order valence-electron chi connectivity index (χ2n) is 13.0. The third-order valence-corrected chi connectivity index (χ3v) is 10.9. The molecule has 0 amide bonds. The van der Waals surface area contributed by atoms with Crippen molar-refractivity contribution in [3.05, 3.63) is 170 Å². The van der Waals surface area contributed by atoms with E-state index in [-0.39, 0.29) is 0 Å². The summed E-state index contributed by atoms with van der Waals surface area (Å²) in [6.45, 7) is 0. The summed E-state index contributed by atoms with van der Waals surface area (Å²) in [6, 6.07) is 58.5. The number of fused-ring (bicyclic) bond motifs is 7. The molecular weight excluding hydrogens is 673 g/mol. The fourth-order valence-electron chi connectivity index (χ4n) is 7.38. The third kappa shape index (κ3) is 4.89. The lowest BCUT2D eigenvalue weighted by Crippen LogP contribution is -2.15. The molecule has 9 aromatic rings. The highest BCUT2D eigenvalue weighted by molar-refractivity contribution is 7.99. The number of benzene rings is 6. The Kier molecular flexibility index (Phi) is 6.69. The van der Waals surface area contributed by atoms with Crippen LogP contribution in [0.3, 0.4) is 0 Å². The number of furan rings is 1. The minimum atomic E-state index is 0.697. The minimum Gasteiger partial charge on any atom is -0.453 e. The molecule has 6 nitrogen and oxygen atoms in total. The largest absolute Gasteiger partial charge is 0.453 e. The van der Waals surface area contributed by atoms with Gasteiger partial charge < -0.3 is 19.0 Å². The van der Waals surface area contributed by atoms with Gasteiger partial charge in [0.05, 0.1) is 34.1 Å². The summed E-state index contributed by atoms with van der Waals surface area (Å²) in [5.41, 5.74) is 13.0. The lowest BCUT2D eigenvalue weighted by atomic mass is 10.1. The number of anilines is 6. The molecule has 0 bridgehead atoms. The molecule has 0 unspecified atom stereocenters. The first-order chi connectivity index (χ1) is 26.2. The van der Waals surface area contributed by atoms with Gasteiger partial charge in [-0.25, -0.2) is 9.97 Å². The quantitative estimate of drug-likeness (QED) is 0.181. The Morgan fingerprint density at radius 3 is 1.64 bits per heavy atom. The first kappa shape index (κ1) is 29.9. The zero-order chi connectivity index (χ0) is 34.9. The standard InChI is InChI=1S/C46H28N4O2S/c1-3-11-31(12-4-1)49-35-15-7-9-17-39(35)51-42-27-29(19-23-36(42)49)33-21-25-40-45(47-33)46-41(52-40)26-22-34(48-46)30-20-24-38-44(28-30)53-43-18-10-8-16-37(43)50(38)32-13-5-2-6-14-32/h1-28H. The van der Waals surface area contributed by atoms with Gasteiger partial charge in [0.15, 0.2) is 22.7 Å². The molecule has 11 rings (SSSR count). The summed E-state index contributed by atoms with van der Waals surface area (Å²) < 4.78 is 12.7. The Morgan fingerprint density at radius 1 is 0.415 bits per heavy atom. The second-order valence-corrected chi connectivity index (χ2v) is 14.1. The predicted octanol–water partition coefficient (Wildman–Crippen LogP) is 13.2. The average Bonchev–Trinajstić information content (AvgIpc) is 3.59. The Morgan fingerprint density at radius 2 is 0.943 bits per heavy atom. The van der Waals surface area contributed by atoms with Gasteiger partial charge in [-0.1, -0.05) is 84.6 Å². The van der Waals surface area contributed by atoms with Gasteiger partial charge >= 0.3 is 0 Å². The van der Waals surface area contributed by atoms with Crippen LogP contribution in [0.5, 0.6) is 11.5 Å². The molecule has 3 aromatic heterocycles. The van der Waals surface area contributed by atoms with Crippen molar-refractivity contribution in [2.75, 3.05) is 9.80 Å². The van der Waals surface area contributed by atoms with Crippen molar-refractivity contribution in [1.29, 1.82) is 0 Å². The number of aromatic nitrogens is 2. The Hall–Kier alpha value is -6.83. The number of rotatable bonds is 4. The van der Waals surface area contributed by atoms with Crippen molar-refractivity contribution < 1.29 is 9.15 Å². The van der Waals surface area contributed by atoms with E-state index in [9.17, 15) is 0 Å². The van der Waals surface area contributed by atoms with E-state index < -0.39 is 0 Å². The summed E-state index contributed by atoms with van der Waals surface area (Å²) in [4.78, 5) is 17.3. The normalized spacial score (nSPS) is 12.9. The van der Waals surface area contributed by atoms with Crippen LogP contribution in [0, 0.1) is 0 Å². The van der Waals surface area contributed by atoms with E-state index in [0.29, 0.717) is 11.2 Å². The molecule has 0 fully saturated rings. The van der Waals surface area contributed by atoms with E-state index in [4.69, 9.17) is 19.1 Å². The summed E-state index contributed by atoms with van der Waals surface area (Å²) >= 11 is 1.79. The van der Waals surface area contributed by atoms with Crippen LogP contribution in [0.4, 0.5) is 34.1 Å². The van der Waals surface area contributed by atoms with Gasteiger partial charge in [-0.2, -0.15) is 0 Å². The van der Waals surface area contributed by atoms with Crippen LogP contribution in [0.1, 0.15) is 0 Å². The van der Waals surface area contributed by atoms with Crippen LogP contribution in [-0.2, 0) is 0 Å². The van der Waals surface area contributed by atoms with E-state index >= 15 is 0 Å². The van der Waals surface area contributed by atoms with Gasteiger partial charge in [-0.15, -0.1) is 0 Å². The lowest BCUT2D eigenvalue weighted by Gasteiger charge is -2.33. The molecule has 6 aromatic carbocycles. The van der Waals surface area contributed by atoms with Crippen molar-refractivity contribution in [3.63, 3.8) is 0 Å². The van der Waals surface area contributed by atoms with E-state index in [0.717, 1.165) is 73.5 Å². The van der Waals surface area contributed by atoms with Crippen molar-refractivity contribution in [3.8, 4) is 34.0 Å². The van der Waals surface area contributed by atoms with Crippen molar-refractivity contribution in [2.24, 2.45) is 0 Å². The third-order valence-electron chi connectivity index (χ3n) is 9.83. The summed E-state index contributed by atoms with van der Waals surface area (Å²) in [7, 11) is 0. The molecule has 0 radical (unpaired) electrons. The van der Waals surface area contributed by atoms with Gasteiger partial charge in [-0.3, -0.25) is 0 Å². The fraction of sp³-hybridized carbons (Fsp3) is 0. The predicted molar refractivity (Wildman–Crippen MR) is 214 cm³/mol. The Balaban J connectivity index is 0.977. The Labute approximate surface area is 309 Å². The number of para-hydroxylation sites is 5. The molecule has 0 N–H and O–H groups in total. The maximum absolute atomic E-state index is 6.48. The SMILES string of the molecule is c1ccc(N2c3ccccc3Oc3cc(-c4ccc5oc6ccc(-c7ccc8c(c7)Sc7ccccc7N8c7ccccc7)nc6c5n4)ccc32)cc1. The summed E-state index contributed by atoms with van der Waals surface area (Å²) in [6.07, 6.45) is 0. The monoisotopic (exact) mass is 700 g/mol. The number of nitrogens with zero attached hydrogens (tertiary/aromatic N) is 4. The van der Waals surface area contributed by atoms with E-state index in [1.807, 2.05) is 48.5 Å². The molecule has 2 aliphatic heterocycles. The van der Waals surface area contributed by atoms with Crippen LogP contribution >= 0.6 is 11.8 Å². The minimum absolute atomic E-state index is 0.697. The van der Waals surface area contributed by atoms with Crippen LogP contribution in [0.15, 0.2) is 184 Å². The van der Waals surface area contributed by atoms with Crippen molar-refractivity contribution in [1.82, 2.24) is 9.97 Å². The van der Waals surface area contributed by atoms with Crippen LogP contribution in [0.25, 0.3) is 44.7 Å². The zero-order valence-corrected chi connectivity index (χ0v) is 29.0. The molecule has 0 aliphatic carbocycles. The van der Waals surface area contributed by atoms with Crippen molar-refractivity contribution in [2.45, 2.75) is 9.79 Å². The molecule has 7 heteroatoms. The molecule has 0 saturated carbocycles. The topological polar surface area (TPSA) is 54.6 Å². The second kappa shape index (κ2) is 11.9. The van der Waals surface area contributed by atoms with E-state index in [1.165, 1.54) is 15.5 Å². The Bertz CT molecular complexity index is 2680. The maximum Gasteiger partial charge on any atom is 0.155 e. The highest BCUT2D eigenvalue weighted by Gasteiger charge is 2.27. The smallest absolute Gasteiger partial charge is 0.155 e. The molecule has 0 atom stereocenters. The first-order valence-electron chi connectivity index (χ1n) is 17.5. The number of ether oxygens (including phenoxy) is 1. The average molecular weight is 701 g/mol. The lowest BCUT2D eigenvalue weighted by molar-refractivity contribution is 0.477. The highest BCUT2D eigenvalue weighted by atomic mass is 32.2. The maximum atomic E-state index is 6.48. The van der Waals surface area contributed by atoms with Crippen LogP contribution in [-0.4, -0.2) is 9.97 Å². The van der Waals surface area contributed by atoms with E-state index in [2.05, 4.69) is 131 Å². The van der Waals surface area contributed by atoms with Crippen LogP contribution < -0.4 is 14.5 Å². The van der Waals surface area contributed by atoms with Crippen molar-refractivity contribution >= 4 is 68.1 Å². The number of hydrogen-bond acceptors (Lipinski definition) is 7. The van der Waals surface area contributed by atoms with Gasteiger partial charge in [0.2, 0.25) is 0 Å². The molecule has 0 saturated heterocycles. The fourth-order valence-corrected chi connectivity index (χ4v) is 8.48. The molecular formula is C46H28N4O2S. The zero-order valence-electron chi connectivity index (χ0n) is 28.2. The molecule has 53 heavy (non-hydrogen) atoms. The highest BCUT2D eigenvalue weighted by Crippen LogP contribution is 2.53. The molecule has 2 aliphatic rings. The van der Waals surface area contributed by atoms with Crippen LogP contribution in [0.2, 0.25) is 0 Å².